The Morgan fingerprint density at radius 1 is 0.472 bits per heavy atom. The SMILES string of the molecule is CCCOC1CC2C(CC1OCCC)C(C)(C)C1C3CC(OCCC)C(OCCC)CC3C(C)(C)C21. The maximum Gasteiger partial charge on any atom is 0.0839 e. The molecule has 4 nitrogen and oxygen atoms in total. The van der Waals surface area contributed by atoms with Crippen LogP contribution in [0, 0.1) is 46.3 Å². The molecule has 0 spiro atoms. The molecule has 4 aliphatic rings. The van der Waals surface area contributed by atoms with Gasteiger partial charge >= 0.3 is 0 Å². The Kier molecular flexibility index (Phi) is 9.55. The Morgan fingerprint density at radius 3 is 1.03 bits per heavy atom. The van der Waals surface area contributed by atoms with Crippen molar-refractivity contribution in [2.75, 3.05) is 26.4 Å². The number of hydrogen-bond donors (Lipinski definition) is 0. The van der Waals surface area contributed by atoms with E-state index in [2.05, 4.69) is 55.4 Å². The molecule has 0 amide bonds. The van der Waals surface area contributed by atoms with Crippen molar-refractivity contribution in [1.29, 1.82) is 0 Å². The molecule has 0 radical (unpaired) electrons. The third-order valence-electron chi connectivity index (χ3n) is 10.9. The number of hydrogen-bond acceptors (Lipinski definition) is 4. The predicted octanol–water partition coefficient (Wildman–Crippen LogP) is 7.53. The van der Waals surface area contributed by atoms with Crippen molar-refractivity contribution in [2.45, 2.75) is 131 Å². The Morgan fingerprint density at radius 2 is 0.750 bits per heavy atom. The molecule has 10 unspecified atom stereocenters. The van der Waals surface area contributed by atoms with Gasteiger partial charge in [-0.25, -0.2) is 0 Å². The molecule has 4 fully saturated rings. The number of rotatable bonds is 12. The lowest BCUT2D eigenvalue weighted by molar-refractivity contribution is -0.141. The molecule has 10 atom stereocenters. The van der Waals surface area contributed by atoms with Crippen LogP contribution in [-0.4, -0.2) is 50.8 Å². The topological polar surface area (TPSA) is 36.9 Å². The highest BCUT2D eigenvalue weighted by atomic mass is 16.5. The molecule has 0 aromatic heterocycles. The lowest BCUT2D eigenvalue weighted by Crippen LogP contribution is -2.49. The van der Waals surface area contributed by atoms with Crippen molar-refractivity contribution in [2.24, 2.45) is 46.3 Å². The second kappa shape index (κ2) is 11.9. The zero-order valence-corrected chi connectivity index (χ0v) is 24.9. The Labute approximate surface area is 222 Å². The van der Waals surface area contributed by atoms with Gasteiger partial charge in [-0.3, -0.25) is 0 Å². The Bertz CT molecular complexity index is 632. The molecule has 4 heteroatoms. The summed E-state index contributed by atoms with van der Waals surface area (Å²) in [5.74, 6) is 4.42. The molecule has 210 valence electrons. The number of ether oxygens (including phenoxy) is 4. The van der Waals surface area contributed by atoms with Crippen LogP contribution in [0.4, 0.5) is 0 Å². The van der Waals surface area contributed by atoms with E-state index in [1.807, 2.05) is 0 Å². The summed E-state index contributed by atoms with van der Waals surface area (Å²) in [5, 5.41) is 0. The van der Waals surface area contributed by atoms with Crippen molar-refractivity contribution in [3.63, 3.8) is 0 Å². The van der Waals surface area contributed by atoms with Crippen molar-refractivity contribution in [3.8, 4) is 0 Å². The minimum Gasteiger partial charge on any atom is -0.376 e. The summed E-state index contributed by atoms with van der Waals surface area (Å²) in [7, 11) is 0. The normalized spacial score (nSPS) is 42.7. The van der Waals surface area contributed by atoms with Gasteiger partial charge in [0, 0.05) is 26.4 Å². The summed E-state index contributed by atoms with van der Waals surface area (Å²) in [5.41, 5.74) is 0.643. The molecule has 0 aromatic carbocycles. The number of fused-ring (bicyclic) bond motifs is 5. The standard InChI is InChI=1S/C32H58O4/c1-9-13-33-25-17-21-23(19-27(25)35-15-11-3)31(5,6)30-22-18-26(34-14-10-2)28(36-16-12-4)20-24(22)32(7,8)29(21)30/h21-30H,9-20H2,1-8H3. The maximum atomic E-state index is 6.51. The molecular formula is C32H58O4. The van der Waals surface area contributed by atoms with Gasteiger partial charge in [-0.15, -0.1) is 0 Å². The van der Waals surface area contributed by atoms with Crippen molar-refractivity contribution < 1.29 is 18.9 Å². The molecule has 0 bridgehead atoms. The monoisotopic (exact) mass is 506 g/mol. The lowest BCUT2D eigenvalue weighted by atomic mass is 9.59. The first kappa shape index (κ1) is 28.8. The van der Waals surface area contributed by atoms with Crippen LogP contribution in [-0.2, 0) is 18.9 Å². The fourth-order valence-corrected chi connectivity index (χ4v) is 9.66. The quantitative estimate of drug-likeness (QED) is 0.274. The first-order valence-corrected chi connectivity index (χ1v) is 15.7. The van der Waals surface area contributed by atoms with Crippen molar-refractivity contribution in [1.82, 2.24) is 0 Å². The van der Waals surface area contributed by atoms with Gasteiger partial charge in [-0.1, -0.05) is 55.4 Å². The highest BCUT2D eigenvalue weighted by Gasteiger charge is 2.70. The molecule has 4 rings (SSSR count). The van der Waals surface area contributed by atoms with Gasteiger partial charge in [0.15, 0.2) is 0 Å². The van der Waals surface area contributed by atoms with Gasteiger partial charge in [-0.2, -0.15) is 0 Å². The molecule has 0 aromatic rings. The second-order valence-electron chi connectivity index (χ2n) is 13.8. The zero-order chi connectivity index (χ0) is 26.1. The van der Waals surface area contributed by atoms with Crippen LogP contribution < -0.4 is 0 Å². The van der Waals surface area contributed by atoms with Crippen LogP contribution in [0.5, 0.6) is 0 Å². The van der Waals surface area contributed by atoms with E-state index < -0.39 is 0 Å². The fourth-order valence-electron chi connectivity index (χ4n) is 9.66. The molecule has 4 aliphatic carbocycles. The van der Waals surface area contributed by atoms with Crippen LogP contribution in [0.3, 0.4) is 0 Å². The van der Waals surface area contributed by atoms with Crippen LogP contribution in [0.25, 0.3) is 0 Å². The average molecular weight is 507 g/mol. The van der Waals surface area contributed by atoms with E-state index in [9.17, 15) is 0 Å². The van der Waals surface area contributed by atoms with E-state index >= 15 is 0 Å². The van der Waals surface area contributed by atoms with E-state index in [0.29, 0.717) is 10.8 Å². The van der Waals surface area contributed by atoms with Crippen LogP contribution in [0.15, 0.2) is 0 Å². The zero-order valence-electron chi connectivity index (χ0n) is 24.9. The molecule has 0 N–H and O–H groups in total. The van der Waals surface area contributed by atoms with Crippen LogP contribution in [0.1, 0.15) is 107 Å². The highest BCUT2D eigenvalue weighted by Crippen LogP contribution is 2.74. The minimum absolute atomic E-state index is 0.256. The summed E-state index contributed by atoms with van der Waals surface area (Å²) in [6.45, 7) is 22.7. The molecule has 0 saturated heterocycles. The third-order valence-corrected chi connectivity index (χ3v) is 10.9. The van der Waals surface area contributed by atoms with E-state index in [1.165, 1.54) is 25.7 Å². The smallest absolute Gasteiger partial charge is 0.0839 e. The average Bonchev–Trinajstić information content (AvgIpc) is 3.23. The molecule has 4 saturated carbocycles. The van der Waals surface area contributed by atoms with Gasteiger partial charge in [-0.05, 0) is 97.7 Å². The summed E-state index contributed by atoms with van der Waals surface area (Å²) >= 11 is 0. The van der Waals surface area contributed by atoms with Crippen molar-refractivity contribution >= 4 is 0 Å². The van der Waals surface area contributed by atoms with E-state index in [1.54, 1.807) is 0 Å². The third kappa shape index (κ3) is 5.19. The van der Waals surface area contributed by atoms with Gasteiger partial charge in [0.25, 0.3) is 0 Å². The first-order chi connectivity index (χ1) is 17.2. The van der Waals surface area contributed by atoms with E-state index in [-0.39, 0.29) is 24.4 Å². The van der Waals surface area contributed by atoms with Crippen LogP contribution in [0.2, 0.25) is 0 Å². The summed E-state index contributed by atoms with van der Waals surface area (Å²) in [4.78, 5) is 0. The Balaban J connectivity index is 1.62. The van der Waals surface area contributed by atoms with E-state index in [0.717, 1.165) is 87.6 Å². The molecule has 36 heavy (non-hydrogen) atoms. The first-order valence-electron chi connectivity index (χ1n) is 15.7. The predicted molar refractivity (Wildman–Crippen MR) is 147 cm³/mol. The van der Waals surface area contributed by atoms with Gasteiger partial charge in [0.05, 0.1) is 24.4 Å². The molecular weight excluding hydrogens is 448 g/mol. The van der Waals surface area contributed by atoms with Crippen molar-refractivity contribution in [3.05, 3.63) is 0 Å². The van der Waals surface area contributed by atoms with Crippen LogP contribution >= 0.6 is 0 Å². The maximum absolute atomic E-state index is 6.51. The van der Waals surface area contributed by atoms with Gasteiger partial charge in [0.1, 0.15) is 0 Å². The fraction of sp³-hybridized carbons (Fsp3) is 1.00. The molecule has 0 aliphatic heterocycles. The largest absolute Gasteiger partial charge is 0.376 e. The summed E-state index contributed by atoms with van der Waals surface area (Å²) in [6.07, 6.45) is 10.0. The van der Waals surface area contributed by atoms with Gasteiger partial charge in [0.2, 0.25) is 0 Å². The lowest BCUT2D eigenvalue weighted by Gasteiger charge is -2.49. The highest BCUT2D eigenvalue weighted by molar-refractivity contribution is 5.18. The molecule has 0 heterocycles. The second-order valence-corrected chi connectivity index (χ2v) is 13.8. The Hall–Kier alpha value is -0.160. The van der Waals surface area contributed by atoms with Gasteiger partial charge < -0.3 is 18.9 Å². The summed E-state index contributed by atoms with van der Waals surface area (Å²) in [6, 6.07) is 0. The summed E-state index contributed by atoms with van der Waals surface area (Å²) < 4.78 is 26.0. The van der Waals surface area contributed by atoms with E-state index in [4.69, 9.17) is 18.9 Å². The minimum atomic E-state index is 0.256.